The molecule has 2 aliphatic rings. The molecule has 0 amide bonds. The van der Waals surface area contributed by atoms with Crippen molar-refractivity contribution in [1.29, 1.82) is 0 Å². The second kappa shape index (κ2) is 7.47. The topological polar surface area (TPSA) is 165 Å². The van der Waals surface area contributed by atoms with Crippen molar-refractivity contribution < 1.29 is 37.7 Å². The van der Waals surface area contributed by atoms with Gasteiger partial charge in [0.05, 0.1) is 11.4 Å². The summed E-state index contributed by atoms with van der Waals surface area (Å²) < 4.78 is 29.7. The first-order chi connectivity index (χ1) is 12.1. The molecule has 1 unspecified atom stereocenters. The van der Waals surface area contributed by atoms with E-state index in [0.29, 0.717) is 11.1 Å². The van der Waals surface area contributed by atoms with Gasteiger partial charge in [-0.15, -0.1) is 0 Å². The minimum Gasteiger partial charge on any atom is -0.750 e. The van der Waals surface area contributed by atoms with Crippen LogP contribution < -0.4 is 15.3 Å². The molecule has 0 fully saturated rings. The smallest absolute Gasteiger partial charge is 0.342 e. The monoisotopic (exact) mass is 382 g/mol. The van der Waals surface area contributed by atoms with E-state index in [4.69, 9.17) is 17.7 Å². The van der Waals surface area contributed by atoms with Crippen LogP contribution in [0, 0.1) is 0 Å². The van der Waals surface area contributed by atoms with Crippen LogP contribution in [0.25, 0.3) is 22.6 Å². The van der Waals surface area contributed by atoms with E-state index in [2.05, 4.69) is 4.98 Å². The number of carboxylic acid groups (broad SMARTS) is 1. The highest BCUT2D eigenvalue weighted by Gasteiger charge is 2.29. The maximum atomic E-state index is 11.7. The molecule has 0 radical (unpaired) electrons. The molecule has 1 aromatic rings. The van der Waals surface area contributed by atoms with E-state index >= 15 is 0 Å². The van der Waals surface area contributed by atoms with Gasteiger partial charge in [0.25, 0.3) is 5.69 Å². The molecular formula is C15H14N2O8S. The number of carboxylic acids is 1. The molecule has 11 heteroatoms. The summed E-state index contributed by atoms with van der Waals surface area (Å²) in [4.78, 5) is 27.7. The van der Waals surface area contributed by atoms with Crippen LogP contribution in [0.1, 0.15) is 10.4 Å². The summed E-state index contributed by atoms with van der Waals surface area (Å²) in [5.74, 6) is -2.07. The summed E-state index contributed by atoms with van der Waals surface area (Å²) in [5.41, 5.74) is 0.829. The SMILES string of the molecule is CN(C)c1ccc2[nH+]c3c(C(=O)O)cc(=O)c(O)c-3oc2c1.O=S([O-])O. The summed E-state index contributed by atoms with van der Waals surface area (Å²) in [5, 5.41) is 19.1. The van der Waals surface area contributed by atoms with Gasteiger partial charge in [-0.2, -0.15) is 4.98 Å². The number of aromatic hydroxyl groups is 1. The van der Waals surface area contributed by atoms with Crippen molar-refractivity contribution in [1.82, 2.24) is 0 Å². The zero-order valence-corrected chi connectivity index (χ0v) is 14.4. The molecule has 4 N–H and O–H groups in total. The number of aromatic amines is 1. The lowest BCUT2D eigenvalue weighted by atomic mass is 10.1. The van der Waals surface area contributed by atoms with Gasteiger partial charge in [-0.3, -0.25) is 4.79 Å². The largest absolute Gasteiger partial charge is 0.750 e. The van der Waals surface area contributed by atoms with Crippen LogP contribution in [0.15, 0.2) is 33.5 Å². The molecular weight excluding hydrogens is 368 g/mol. The molecule has 10 nitrogen and oxygen atoms in total. The molecule has 138 valence electrons. The minimum absolute atomic E-state index is 0.0645. The van der Waals surface area contributed by atoms with Gasteiger partial charge in [0, 0.05) is 38.0 Å². The fourth-order valence-corrected chi connectivity index (χ4v) is 2.24. The molecule has 0 bridgehead atoms. The van der Waals surface area contributed by atoms with E-state index in [-0.39, 0.29) is 17.0 Å². The predicted octanol–water partition coefficient (Wildman–Crippen LogP) is 0.520. The number of aromatic carboxylic acids is 1. The highest BCUT2D eigenvalue weighted by Crippen LogP contribution is 2.31. The number of nitrogens with zero attached hydrogens (tertiary/aromatic N) is 1. The highest BCUT2D eigenvalue weighted by atomic mass is 32.2. The number of fused-ring (bicyclic) bond motifs is 2. The zero-order chi connectivity index (χ0) is 19.6. The number of nitrogens with one attached hydrogen (secondary N) is 1. The number of phenolic OH excluding ortho intramolecular Hbond substituents is 1. The Morgan fingerprint density at radius 3 is 2.46 bits per heavy atom. The third-order valence-corrected chi connectivity index (χ3v) is 3.40. The second-order valence-electron chi connectivity index (χ2n) is 5.30. The Balaban J connectivity index is 0.000000552. The number of aromatic nitrogens is 1. The fourth-order valence-electron chi connectivity index (χ4n) is 2.24. The molecule has 3 rings (SSSR count). The number of phenols is 1. The summed E-state index contributed by atoms with van der Waals surface area (Å²) >= 11 is -2.86. The highest BCUT2D eigenvalue weighted by molar-refractivity contribution is 7.73. The average Bonchev–Trinajstić information content (AvgIpc) is 2.55. The van der Waals surface area contributed by atoms with E-state index in [0.717, 1.165) is 11.8 Å². The Hall–Kier alpha value is -3.02. The van der Waals surface area contributed by atoms with E-state index in [1.807, 2.05) is 25.1 Å². The van der Waals surface area contributed by atoms with Gasteiger partial charge in [0.1, 0.15) is 5.56 Å². The summed E-state index contributed by atoms with van der Waals surface area (Å²) in [6.45, 7) is 0. The van der Waals surface area contributed by atoms with E-state index in [1.165, 1.54) is 0 Å². The van der Waals surface area contributed by atoms with Crippen LogP contribution in [-0.4, -0.2) is 43.6 Å². The van der Waals surface area contributed by atoms with Crippen LogP contribution in [0.5, 0.6) is 5.75 Å². The number of rotatable bonds is 2. The average molecular weight is 382 g/mol. The zero-order valence-electron chi connectivity index (χ0n) is 13.5. The number of H-pyrrole nitrogens is 1. The maximum Gasteiger partial charge on any atom is 0.342 e. The fraction of sp³-hybridized carbons (Fsp3) is 0.133. The lowest BCUT2D eigenvalue weighted by Gasteiger charge is -2.12. The van der Waals surface area contributed by atoms with Gasteiger partial charge in [-0.05, 0) is 6.07 Å². The van der Waals surface area contributed by atoms with Gasteiger partial charge in [0.15, 0.2) is 0 Å². The molecule has 0 aromatic heterocycles. The Morgan fingerprint density at radius 1 is 1.31 bits per heavy atom. The Labute approximate surface area is 148 Å². The van der Waals surface area contributed by atoms with Crippen LogP contribution in [0.4, 0.5) is 5.69 Å². The molecule has 0 saturated heterocycles. The molecule has 1 aliphatic heterocycles. The molecule has 1 aliphatic carbocycles. The minimum atomic E-state index is -2.86. The quantitative estimate of drug-likeness (QED) is 0.423. The first-order valence-electron chi connectivity index (χ1n) is 6.96. The Morgan fingerprint density at radius 2 is 1.92 bits per heavy atom. The van der Waals surface area contributed by atoms with E-state index in [1.54, 1.807) is 12.1 Å². The van der Waals surface area contributed by atoms with Crippen LogP contribution >= 0.6 is 0 Å². The van der Waals surface area contributed by atoms with Gasteiger partial charge >= 0.3 is 5.97 Å². The van der Waals surface area contributed by atoms with Gasteiger partial charge in [0.2, 0.25) is 28.0 Å². The predicted molar refractivity (Wildman–Crippen MR) is 90.2 cm³/mol. The van der Waals surface area contributed by atoms with Crippen molar-refractivity contribution in [3.8, 4) is 17.2 Å². The molecule has 1 heterocycles. The molecule has 0 spiro atoms. The van der Waals surface area contributed by atoms with Crippen LogP contribution in [0.2, 0.25) is 0 Å². The number of hydrogen-bond acceptors (Lipinski definition) is 7. The van der Waals surface area contributed by atoms with Crippen LogP contribution in [0.3, 0.4) is 0 Å². The van der Waals surface area contributed by atoms with Crippen molar-refractivity contribution >= 4 is 34.1 Å². The van der Waals surface area contributed by atoms with E-state index < -0.39 is 28.5 Å². The third-order valence-electron chi connectivity index (χ3n) is 3.40. The van der Waals surface area contributed by atoms with Crippen molar-refractivity contribution in [3.05, 3.63) is 40.1 Å². The van der Waals surface area contributed by atoms with Crippen molar-refractivity contribution in [2.75, 3.05) is 19.0 Å². The first-order valence-corrected chi connectivity index (χ1v) is 7.99. The molecule has 0 saturated carbocycles. The summed E-state index contributed by atoms with van der Waals surface area (Å²) in [6, 6.07) is 6.17. The summed E-state index contributed by atoms with van der Waals surface area (Å²) in [7, 11) is 3.73. The van der Waals surface area contributed by atoms with Crippen molar-refractivity contribution in [2.24, 2.45) is 0 Å². The number of benzene rings is 2. The molecule has 26 heavy (non-hydrogen) atoms. The number of hydrogen-bond donors (Lipinski definition) is 3. The lowest BCUT2D eigenvalue weighted by molar-refractivity contribution is -0.334. The first kappa shape index (κ1) is 19.3. The van der Waals surface area contributed by atoms with Crippen LogP contribution in [-0.2, 0) is 11.4 Å². The Kier molecular flexibility index (Phi) is 5.55. The molecule has 1 atom stereocenters. The Bertz CT molecular complexity index is 1030. The van der Waals surface area contributed by atoms with Crippen molar-refractivity contribution in [3.63, 3.8) is 0 Å². The standard InChI is InChI=1S/C15H12N2O5.H2O3S/c1-17(2)7-3-4-9-11(5-7)22-14-12(16-9)8(15(20)21)6-10(18)13(14)19;1-4(2)3/h3-6,19H,1-2H3,(H,20,21);(H2,1,2,3). The normalized spacial score (nSPS) is 11.7. The van der Waals surface area contributed by atoms with Crippen molar-refractivity contribution in [2.45, 2.75) is 0 Å². The second-order valence-corrected chi connectivity index (χ2v) is 5.73. The third kappa shape index (κ3) is 3.96. The van der Waals surface area contributed by atoms with Gasteiger partial charge in [-0.25, -0.2) is 9.00 Å². The van der Waals surface area contributed by atoms with Gasteiger partial charge < -0.3 is 28.6 Å². The molecule has 1 aromatic carbocycles. The number of carbonyl (C=O) groups is 1. The van der Waals surface area contributed by atoms with E-state index in [9.17, 15) is 19.8 Å². The number of anilines is 1. The maximum absolute atomic E-state index is 11.7. The summed E-state index contributed by atoms with van der Waals surface area (Å²) in [6.07, 6.45) is 0. The lowest BCUT2D eigenvalue weighted by Crippen LogP contribution is -2.19. The van der Waals surface area contributed by atoms with Gasteiger partial charge in [-0.1, -0.05) is 0 Å².